The van der Waals surface area contributed by atoms with Crippen LogP contribution in [-0.2, 0) is 0 Å². The van der Waals surface area contributed by atoms with Gasteiger partial charge in [0.05, 0.1) is 0 Å². The van der Waals surface area contributed by atoms with Gasteiger partial charge in [0.15, 0.2) is 0 Å². The van der Waals surface area contributed by atoms with Gasteiger partial charge >= 0.3 is 0 Å². The number of aldehydes is 1. The van der Waals surface area contributed by atoms with Crippen LogP contribution in [0.1, 0.15) is 31.1 Å². The second kappa shape index (κ2) is 15.3. The SMILES string of the molecule is C=CC(=C)C(=C\C(=C/C)C(=C\C)\N(C)C=C)/C=C(\C)NC.CNC1CN(c2cc(C=O)ccn2)C1. The van der Waals surface area contributed by atoms with Gasteiger partial charge in [0.25, 0.3) is 0 Å². The summed E-state index contributed by atoms with van der Waals surface area (Å²) < 4.78 is 0. The zero-order chi connectivity index (χ0) is 26.4. The number of hydrogen-bond donors (Lipinski definition) is 2. The van der Waals surface area contributed by atoms with Gasteiger partial charge in [-0.2, -0.15) is 0 Å². The average Bonchev–Trinajstić information content (AvgIpc) is 2.86. The summed E-state index contributed by atoms with van der Waals surface area (Å²) in [4.78, 5) is 18.9. The van der Waals surface area contributed by atoms with Crippen LogP contribution in [0.15, 0.2) is 103 Å². The Balaban J connectivity index is 0.000000375. The number of rotatable bonds is 11. The first-order chi connectivity index (χ1) is 16.8. The first-order valence-corrected chi connectivity index (χ1v) is 11.7. The molecule has 0 radical (unpaired) electrons. The number of anilines is 1. The summed E-state index contributed by atoms with van der Waals surface area (Å²) in [7, 11) is 5.84. The molecule has 188 valence electrons. The molecule has 1 aromatic rings. The van der Waals surface area contributed by atoms with Crippen LogP contribution >= 0.6 is 0 Å². The maximum absolute atomic E-state index is 10.5. The van der Waals surface area contributed by atoms with E-state index in [1.807, 2.05) is 52.9 Å². The van der Waals surface area contributed by atoms with Gasteiger partial charge in [0, 0.05) is 56.4 Å². The van der Waals surface area contributed by atoms with Crippen LogP contribution in [0.5, 0.6) is 0 Å². The Morgan fingerprint density at radius 2 is 1.86 bits per heavy atom. The minimum atomic E-state index is 0.552. The molecule has 2 N–H and O–H groups in total. The topological polar surface area (TPSA) is 60.5 Å². The molecule has 0 amide bonds. The summed E-state index contributed by atoms with van der Waals surface area (Å²) >= 11 is 0. The van der Waals surface area contributed by atoms with E-state index in [9.17, 15) is 4.79 Å². The van der Waals surface area contributed by atoms with Crippen LogP contribution in [-0.4, -0.2) is 56.4 Å². The van der Waals surface area contributed by atoms with E-state index in [1.165, 1.54) is 0 Å². The van der Waals surface area contributed by atoms with Gasteiger partial charge in [0.2, 0.25) is 0 Å². The van der Waals surface area contributed by atoms with Crippen LogP contribution in [0.25, 0.3) is 0 Å². The minimum Gasteiger partial charge on any atom is -0.392 e. The molecular formula is C29H41N5O. The number of aromatic nitrogens is 1. The predicted molar refractivity (Wildman–Crippen MR) is 150 cm³/mol. The van der Waals surface area contributed by atoms with Gasteiger partial charge < -0.3 is 20.4 Å². The molecule has 2 heterocycles. The maximum Gasteiger partial charge on any atom is 0.150 e. The molecule has 35 heavy (non-hydrogen) atoms. The fraction of sp³-hybridized carbons (Fsp3) is 0.310. The lowest BCUT2D eigenvalue weighted by Gasteiger charge is -2.39. The molecule has 2 rings (SSSR count). The van der Waals surface area contributed by atoms with Crippen molar-refractivity contribution < 1.29 is 4.79 Å². The van der Waals surface area contributed by atoms with E-state index in [-0.39, 0.29) is 0 Å². The highest BCUT2D eigenvalue weighted by Gasteiger charge is 2.25. The van der Waals surface area contributed by atoms with E-state index in [1.54, 1.807) is 24.5 Å². The fourth-order valence-electron chi connectivity index (χ4n) is 3.32. The quantitative estimate of drug-likeness (QED) is 0.347. The molecule has 1 saturated heterocycles. The monoisotopic (exact) mass is 475 g/mol. The zero-order valence-electron chi connectivity index (χ0n) is 22.1. The van der Waals surface area contributed by atoms with Gasteiger partial charge in [-0.1, -0.05) is 38.0 Å². The highest BCUT2D eigenvalue weighted by Crippen LogP contribution is 2.22. The van der Waals surface area contributed by atoms with Crippen molar-refractivity contribution in [1.29, 1.82) is 0 Å². The number of nitrogens with zero attached hydrogens (tertiary/aromatic N) is 3. The average molecular weight is 476 g/mol. The lowest BCUT2D eigenvalue weighted by Crippen LogP contribution is -2.57. The van der Waals surface area contributed by atoms with Crippen LogP contribution in [0.4, 0.5) is 5.82 Å². The number of allylic oxidation sites excluding steroid dienone is 8. The largest absolute Gasteiger partial charge is 0.392 e. The van der Waals surface area contributed by atoms with E-state index in [2.05, 4.69) is 64.6 Å². The Morgan fingerprint density at radius 1 is 1.17 bits per heavy atom. The molecule has 0 spiro atoms. The number of likely N-dealkylation sites (N-methyl/N-ethyl adjacent to an activating group) is 2. The van der Waals surface area contributed by atoms with Gasteiger partial charge in [-0.25, -0.2) is 4.98 Å². The summed E-state index contributed by atoms with van der Waals surface area (Å²) in [6, 6.07) is 4.08. The molecule has 0 bridgehead atoms. The van der Waals surface area contributed by atoms with Crippen molar-refractivity contribution in [2.45, 2.75) is 26.8 Å². The number of carbonyl (C=O) groups excluding carboxylic acids is 1. The van der Waals surface area contributed by atoms with Crippen molar-refractivity contribution in [2.75, 3.05) is 39.1 Å². The Hall–Kier alpha value is -3.64. The number of nitrogens with one attached hydrogen (secondary N) is 2. The van der Waals surface area contributed by atoms with Gasteiger partial charge in [-0.3, -0.25) is 4.79 Å². The number of carbonyl (C=O) groups is 1. The Labute approximate surface area is 211 Å². The first-order valence-electron chi connectivity index (χ1n) is 11.7. The smallest absolute Gasteiger partial charge is 0.150 e. The standard InChI is InChI=1S/C19H28N2.C10H13N3O/c1-9-15(5)18(13-16(6)20-7)14-17(10-2)19(11-3)21(8)12-4;1-11-9-5-13(6-9)10-4-8(7-14)2-3-12-10/h9-14,20H,1,4-5H2,2-3,6-8H3;2-4,7,9,11H,5-6H2,1H3/b16-13+,17-10+,18-14-,19-11-;. The second-order valence-corrected chi connectivity index (χ2v) is 8.07. The van der Waals surface area contributed by atoms with Crippen LogP contribution in [0.3, 0.4) is 0 Å². The van der Waals surface area contributed by atoms with Crippen molar-refractivity contribution in [3.63, 3.8) is 0 Å². The fourth-order valence-corrected chi connectivity index (χ4v) is 3.32. The van der Waals surface area contributed by atoms with Crippen molar-refractivity contribution in [3.05, 3.63) is 108 Å². The first kappa shape index (κ1) is 29.4. The van der Waals surface area contributed by atoms with Crippen LogP contribution < -0.4 is 15.5 Å². The van der Waals surface area contributed by atoms with Crippen molar-refractivity contribution in [2.24, 2.45) is 0 Å². The molecule has 1 aromatic heterocycles. The summed E-state index contributed by atoms with van der Waals surface area (Å²) in [6.07, 6.45) is 14.4. The number of pyridine rings is 1. The Bertz CT molecular complexity index is 1010. The Morgan fingerprint density at radius 3 is 2.34 bits per heavy atom. The highest BCUT2D eigenvalue weighted by atomic mass is 16.1. The molecule has 6 nitrogen and oxygen atoms in total. The molecule has 1 aliphatic heterocycles. The third kappa shape index (κ3) is 8.91. The Kier molecular flexibility index (Phi) is 12.8. The van der Waals surface area contributed by atoms with Gasteiger partial charge in [-0.15, -0.1) is 0 Å². The van der Waals surface area contributed by atoms with Gasteiger partial charge in [-0.05, 0) is 75.0 Å². The third-order valence-electron chi connectivity index (χ3n) is 5.75. The lowest BCUT2D eigenvalue weighted by atomic mass is 10.0. The van der Waals surface area contributed by atoms with E-state index >= 15 is 0 Å². The van der Waals surface area contributed by atoms with E-state index in [4.69, 9.17) is 0 Å². The van der Waals surface area contributed by atoms with Crippen LogP contribution in [0.2, 0.25) is 0 Å². The molecule has 0 unspecified atom stereocenters. The minimum absolute atomic E-state index is 0.552. The molecule has 0 aliphatic carbocycles. The van der Waals surface area contributed by atoms with E-state index < -0.39 is 0 Å². The van der Waals surface area contributed by atoms with Gasteiger partial charge in [0.1, 0.15) is 12.1 Å². The molecule has 1 aliphatic rings. The van der Waals surface area contributed by atoms with Crippen molar-refractivity contribution in [1.82, 2.24) is 20.5 Å². The number of hydrogen-bond acceptors (Lipinski definition) is 6. The van der Waals surface area contributed by atoms with Crippen LogP contribution in [0, 0.1) is 0 Å². The summed E-state index contributed by atoms with van der Waals surface area (Å²) in [5.74, 6) is 0.890. The van der Waals surface area contributed by atoms with Crippen molar-refractivity contribution in [3.8, 4) is 0 Å². The molecule has 0 atom stereocenters. The predicted octanol–water partition coefficient (Wildman–Crippen LogP) is 5.01. The highest BCUT2D eigenvalue weighted by molar-refractivity contribution is 5.76. The normalized spacial score (nSPS) is 14.9. The summed E-state index contributed by atoms with van der Waals surface area (Å²) in [6.45, 7) is 19.7. The molecular weight excluding hydrogens is 434 g/mol. The summed E-state index contributed by atoms with van der Waals surface area (Å²) in [5, 5.41) is 6.32. The third-order valence-corrected chi connectivity index (χ3v) is 5.75. The molecule has 0 aromatic carbocycles. The molecule has 0 saturated carbocycles. The van der Waals surface area contributed by atoms with Crippen molar-refractivity contribution >= 4 is 12.1 Å². The lowest BCUT2D eigenvalue weighted by molar-refractivity contribution is 0.112. The van der Waals surface area contributed by atoms with E-state index in [0.717, 1.165) is 53.3 Å². The summed E-state index contributed by atoms with van der Waals surface area (Å²) in [5.41, 5.74) is 5.87. The molecule has 6 heteroatoms. The zero-order valence-corrected chi connectivity index (χ0v) is 22.1. The molecule has 1 fully saturated rings. The second-order valence-electron chi connectivity index (χ2n) is 8.07. The van der Waals surface area contributed by atoms with E-state index in [0.29, 0.717) is 11.6 Å². The maximum atomic E-state index is 10.5.